The van der Waals surface area contributed by atoms with Crippen LogP contribution in [-0.4, -0.2) is 33.8 Å². The zero-order chi connectivity index (χ0) is 23.6. The normalized spacial score (nSPS) is 11.4. The molecule has 6 nitrogen and oxygen atoms in total. The highest BCUT2D eigenvalue weighted by molar-refractivity contribution is 5.77. The van der Waals surface area contributed by atoms with Gasteiger partial charge in [-0.1, -0.05) is 48.5 Å². The molecule has 0 heterocycles. The summed E-state index contributed by atoms with van der Waals surface area (Å²) in [6.07, 6.45) is 0.653. The quantitative estimate of drug-likeness (QED) is 0.455. The van der Waals surface area contributed by atoms with Gasteiger partial charge in [-0.05, 0) is 35.7 Å². The second-order valence-corrected chi connectivity index (χ2v) is 7.27. The molecule has 3 aromatic rings. The molecule has 33 heavy (non-hydrogen) atoms. The molecule has 7 heteroatoms. The van der Waals surface area contributed by atoms with Gasteiger partial charge in [0.25, 0.3) is 0 Å². The minimum absolute atomic E-state index is 0.0936. The van der Waals surface area contributed by atoms with Gasteiger partial charge in [0.2, 0.25) is 11.7 Å². The van der Waals surface area contributed by atoms with Crippen LogP contribution in [0.1, 0.15) is 23.6 Å². The first-order valence-corrected chi connectivity index (χ1v) is 10.6. The van der Waals surface area contributed by atoms with Crippen molar-refractivity contribution in [3.63, 3.8) is 0 Å². The first-order valence-electron chi connectivity index (χ1n) is 10.6. The number of rotatable bonds is 11. The molecule has 0 fully saturated rings. The van der Waals surface area contributed by atoms with Crippen molar-refractivity contribution in [1.29, 1.82) is 0 Å². The summed E-state index contributed by atoms with van der Waals surface area (Å²) in [4.78, 5) is 12.8. The zero-order valence-corrected chi connectivity index (χ0v) is 19.0. The van der Waals surface area contributed by atoms with Gasteiger partial charge in [-0.25, -0.2) is 4.39 Å². The minimum Gasteiger partial charge on any atom is -0.493 e. The molecule has 0 aliphatic carbocycles. The Kier molecular flexibility index (Phi) is 8.52. The summed E-state index contributed by atoms with van der Waals surface area (Å²) in [7, 11) is 4.64. The average molecular weight is 454 g/mol. The summed E-state index contributed by atoms with van der Waals surface area (Å²) < 4.78 is 35.8. The van der Waals surface area contributed by atoms with Crippen molar-refractivity contribution in [2.75, 3.05) is 27.9 Å². The second kappa shape index (κ2) is 11.8. The standard InChI is InChI=1S/C26H28FNO5/c1-30-23-15-13-19(25(31-2)26(23)32-3)14-16-24(29)28-21(18-9-5-4-6-10-18)17-33-22-12-8-7-11-20(22)27/h4-13,15,21H,14,16-17H2,1-3H3,(H,28,29). The summed E-state index contributed by atoms with van der Waals surface area (Å²) in [5, 5.41) is 3.00. The Morgan fingerprint density at radius 1 is 0.848 bits per heavy atom. The van der Waals surface area contributed by atoms with Crippen LogP contribution in [0.5, 0.6) is 23.0 Å². The van der Waals surface area contributed by atoms with Gasteiger partial charge in [-0.2, -0.15) is 0 Å². The van der Waals surface area contributed by atoms with Crippen molar-refractivity contribution in [1.82, 2.24) is 5.32 Å². The molecule has 174 valence electrons. The number of halogens is 1. The van der Waals surface area contributed by atoms with E-state index in [9.17, 15) is 9.18 Å². The van der Waals surface area contributed by atoms with Crippen molar-refractivity contribution in [3.8, 4) is 23.0 Å². The predicted octanol–water partition coefficient (Wildman–Crippen LogP) is 4.72. The predicted molar refractivity (Wildman–Crippen MR) is 124 cm³/mol. The molecule has 3 rings (SSSR count). The molecule has 1 unspecified atom stereocenters. The topological polar surface area (TPSA) is 66.0 Å². The van der Waals surface area contributed by atoms with Crippen LogP contribution in [0.25, 0.3) is 0 Å². The highest BCUT2D eigenvalue weighted by Crippen LogP contribution is 2.40. The summed E-state index contributed by atoms with van der Waals surface area (Å²) >= 11 is 0. The van der Waals surface area contributed by atoms with E-state index in [0.29, 0.717) is 23.7 Å². The number of aryl methyl sites for hydroxylation is 1. The molecule has 0 bridgehead atoms. The van der Waals surface area contributed by atoms with E-state index >= 15 is 0 Å². The fourth-order valence-electron chi connectivity index (χ4n) is 3.52. The second-order valence-electron chi connectivity index (χ2n) is 7.27. The molecule has 1 amide bonds. The third kappa shape index (κ3) is 6.16. The van der Waals surface area contributed by atoms with Gasteiger partial charge in [0.1, 0.15) is 6.61 Å². The Morgan fingerprint density at radius 3 is 2.21 bits per heavy atom. The van der Waals surface area contributed by atoms with Gasteiger partial charge in [0.15, 0.2) is 23.1 Å². The first-order chi connectivity index (χ1) is 16.1. The van der Waals surface area contributed by atoms with Crippen molar-refractivity contribution in [2.24, 2.45) is 0 Å². The maximum Gasteiger partial charge on any atom is 0.220 e. The van der Waals surface area contributed by atoms with Crippen LogP contribution in [0.15, 0.2) is 66.7 Å². The molecule has 0 saturated heterocycles. The summed E-state index contributed by atoms with van der Waals surface area (Å²) in [5.74, 6) is 1.10. The van der Waals surface area contributed by atoms with E-state index in [0.717, 1.165) is 11.1 Å². The molecule has 0 saturated carbocycles. The third-order valence-electron chi connectivity index (χ3n) is 5.19. The van der Waals surface area contributed by atoms with Gasteiger partial charge < -0.3 is 24.3 Å². The molecule has 0 aliphatic heterocycles. The number of hydrogen-bond donors (Lipinski definition) is 1. The van der Waals surface area contributed by atoms with E-state index in [-0.39, 0.29) is 24.7 Å². The molecular formula is C26H28FNO5. The SMILES string of the molecule is COc1ccc(CCC(=O)NC(COc2ccccc2F)c2ccccc2)c(OC)c1OC. The number of methoxy groups -OCH3 is 3. The number of ether oxygens (including phenoxy) is 4. The lowest BCUT2D eigenvalue weighted by Crippen LogP contribution is -2.32. The molecule has 0 radical (unpaired) electrons. The Labute approximate surface area is 193 Å². The summed E-state index contributed by atoms with van der Waals surface area (Å²) in [5.41, 5.74) is 1.69. The molecule has 1 N–H and O–H groups in total. The van der Waals surface area contributed by atoms with E-state index in [1.807, 2.05) is 36.4 Å². The molecule has 3 aromatic carbocycles. The molecule has 0 aliphatic rings. The lowest BCUT2D eigenvalue weighted by molar-refractivity contribution is -0.122. The van der Waals surface area contributed by atoms with Crippen LogP contribution in [0.2, 0.25) is 0 Å². The van der Waals surface area contributed by atoms with Gasteiger partial charge >= 0.3 is 0 Å². The summed E-state index contributed by atoms with van der Waals surface area (Å²) in [6, 6.07) is 18.8. The van der Waals surface area contributed by atoms with Crippen LogP contribution < -0.4 is 24.3 Å². The molecule has 0 spiro atoms. The smallest absolute Gasteiger partial charge is 0.220 e. The maximum atomic E-state index is 14.0. The van der Waals surface area contributed by atoms with Crippen molar-refractivity contribution in [3.05, 3.63) is 83.7 Å². The lowest BCUT2D eigenvalue weighted by Gasteiger charge is -2.20. The van der Waals surface area contributed by atoms with Crippen LogP contribution in [0.4, 0.5) is 4.39 Å². The minimum atomic E-state index is -0.448. The molecule has 0 aromatic heterocycles. The first kappa shape index (κ1) is 23.9. The van der Waals surface area contributed by atoms with Gasteiger partial charge in [-0.15, -0.1) is 0 Å². The highest BCUT2D eigenvalue weighted by atomic mass is 19.1. The van der Waals surface area contributed by atoms with Gasteiger partial charge in [0.05, 0.1) is 27.4 Å². The van der Waals surface area contributed by atoms with Gasteiger partial charge in [0, 0.05) is 6.42 Å². The van der Waals surface area contributed by atoms with Crippen molar-refractivity contribution in [2.45, 2.75) is 18.9 Å². The number of carbonyl (C=O) groups is 1. The highest BCUT2D eigenvalue weighted by Gasteiger charge is 2.19. The number of carbonyl (C=O) groups excluding carboxylic acids is 1. The van der Waals surface area contributed by atoms with E-state index < -0.39 is 11.9 Å². The largest absolute Gasteiger partial charge is 0.493 e. The number of benzene rings is 3. The maximum absolute atomic E-state index is 14.0. The Bertz CT molecular complexity index is 1060. The summed E-state index contributed by atoms with van der Waals surface area (Å²) in [6.45, 7) is 0.0936. The van der Waals surface area contributed by atoms with E-state index in [4.69, 9.17) is 18.9 Å². The molecule has 1 atom stereocenters. The van der Waals surface area contributed by atoms with Crippen molar-refractivity contribution < 1.29 is 28.1 Å². The van der Waals surface area contributed by atoms with Crippen LogP contribution in [0, 0.1) is 5.82 Å². The third-order valence-corrected chi connectivity index (χ3v) is 5.19. The zero-order valence-electron chi connectivity index (χ0n) is 19.0. The van der Waals surface area contributed by atoms with E-state index in [1.54, 1.807) is 38.5 Å². The van der Waals surface area contributed by atoms with Gasteiger partial charge in [-0.3, -0.25) is 4.79 Å². The number of amides is 1. The fourth-order valence-corrected chi connectivity index (χ4v) is 3.52. The number of para-hydroxylation sites is 1. The van der Waals surface area contributed by atoms with Crippen LogP contribution in [-0.2, 0) is 11.2 Å². The Morgan fingerprint density at radius 2 is 1.55 bits per heavy atom. The monoisotopic (exact) mass is 453 g/mol. The molecular weight excluding hydrogens is 425 g/mol. The Hall–Kier alpha value is -3.74. The Balaban J connectivity index is 1.69. The lowest BCUT2D eigenvalue weighted by atomic mass is 10.1. The fraction of sp³-hybridized carbons (Fsp3) is 0.269. The number of nitrogens with one attached hydrogen (secondary N) is 1. The van der Waals surface area contributed by atoms with Crippen molar-refractivity contribution >= 4 is 5.91 Å². The van der Waals surface area contributed by atoms with Crippen LogP contribution in [0.3, 0.4) is 0 Å². The van der Waals surface area contributed by atoms with E-state index in [2.05, 4.69) is 5.32 Å². The van der Waals surface area contributed by atoms with Crippen LogP contribution >= 0.6 is 0 Å². The number of hydrogen-bond acceptors (Lipinski definition) is 5. The van der Waals surface area contributed by atoms with E-state index in [1.165, 1.54) is 13.2 Å². The average Bonchev–Trinajstić information content (AvgIpc) is 2.85.